The molecule has 2 atom stereocenters. The highest BCUT2D eigenvalue weighted by Gasteiger charge is 2.32. The zero-order valence-electron chi connectivity index (χ0n) is 14.4. The second kappa shape index (κ2) is 6.63. The van der Waals surface area contributed by atoms with Gasteiger partial charge < -0.3 is 10.2 Å². The van der Waals surface area contributed by atoms with Crippen molar-refractivity contribution >= 4 is 11.6 Å². The van der Waals surface area contributed by atoms with E-state index in [2.05, 4.69) is 51.8 Å². The summed E-state index contributed by atoms with van der Waals surface area (Å²) < 4.78 is 0. The second-order valence-electron chi connectivity index (χ2n) is 6.46. The number of nitrogens with zero attached hydrogens (tertiary/aromatic N) is 3. The maximum atomic E-state index is 4.92. The normalized spacial score (nSPS) is 22.1. The van der Waals surface area contributed by atoms with E-state index in [1.165, 1.54) is 24.8 Å². The van der Waals surface area contributed by atoms with Gasteiger partial charge in [-0.25, -0.2) is 9.97 Å². The molecule has 1 aromatic heterocycles. The van der Waals surface area contributed by atoms with Gasteiger partial charge >= 0.3 is 0 Å². The molecule has 1 aliphatic rings. The van der Waals surface area contributed by atoms with Crippen LogP contribution in [0.3, 0.4) is 0 Å². The lowest BCUT2D eigenvalue weighted by atomic mass is 10.1. The Morgan fingerprint density at radius 1 is 1.24 bits per heavy atom. The van der Waals surface area contributed by atoms with Crippen molar-refractivity contribution in [2.75, 3.05) is 16.8 Å². The predicted molar refractivity (Wildman–Crippen MR) is 90.3 cm³/mol. The monoisotopic (exact) mass is 290 g/mol. The van der Waals surface area contributed by atoms with Gasteiger partial charge in [0, 0.05) is 30.1 Å². The molecule has 0 amide bonds. The predicted octanol–water partition coefficient (Wildman–Crippen LogP) is 4.11. The number of anilines is 2. The molecule has 2 rings (SSSR count). The molecular weight excluding hydrogens is 260 g/mol. The lowest BCUT2D eigenvalue weighted by Crippen LogP contribution is -2.36. The van der Waals surface area contributed by atoms with Gasteiger partial charge in [0.05, 0.1) is 0 Å². The Hall–Kier alpha value is -1.32. The summed E-state index contributed by atoms with van der Waals surface area (Å²) in [6.45, 7) is 14.1. The quantitative estimate of drug-likeness (QED) is 0.886. The van der Waals surface area contributed by atoms with Crippen LogP contribution in [-0.4, -0.2) is 28.6 Å². The fourth-order valence-corrected chi connectivity index (χ4v) is 3.22. The Labute approximate surface area is 129 Å². The van der Waals surface area contributed by atoms with Crippen LogP contribution in [0.1, 0.15) is 71.2 Å². The number of nitrogens with one attached hydrogen (secondary N) is 1. The van der Waals surface area contributed by atoms with Gasteiger partial charge in [-0.05, 0) is 40.0 Å². The first-order valence-corrected chi connectivity index (χ1v) is 8.40. The highest BCUT2D eigenvalue weighted by molar-refractivity contribution is 5.60. The summed E-state index contributed by atoms with van der Waals surface area (Å²) in [6.07, 6.45) is 3.71. The summed E-state index contributed by atoms with van der Waals surface area (Å²) in [7, 11) is 0. The molecule has 2 heterocycles. The summed E-state index contributed by atoms with van der Waals surface area (Å²) in [4.78, 5) is 12.2. The van der Waals surface area contributed by atoms with Gasteiger partial charge in [-0.2, -0.15) is 0 Å². The molecule has 0 saturated carbocycles. The Morgan fingerprint density at radius 2 is 1.95 bits per heavy atom. The van der Waals surface area contributed by atoms with Crippen molar-refractivity contribution in [1.29, 1.82) is 0 Å². The van der Waals surface area contributed by atoms with E-state index < -0.39 is 0 Å². The molecule has 1 aliphatic heterocycles. The molecule has 0 aromatic carbocycles. The summed E-state index contributed by atoms with van der Waals surface area (Å²) in [5.41, 5.74) is 1.19. The lowest BCUT2D eigenvalue weighted by Gasteiger charge is -2.31. The molecule has 1 aromatic rings. The van der Waals surface area contributed by atoms with Gasteiger partial charge in [0.25, 0.3) is 0 Å². The van der Waals surface area contributed by atoms with E-state index in [4.69, 9.17) is 9.97 Å². The van der Waals surface area contributed by atoms with Gasteiger partial charge in [-0.3, -0.25) is 0 Å². The van der Waals surface area contributed by atoms with Crippen LogP contribution >= 0.6 is 0 Å². The molecule has 4 heteroatoms. The molecule has 0 aliphatic carbocycles. The van der Waals surface area contributed by atoms with Crippen molar-refractivity contribution in [3.05, 3.63) is 11.4 Å². The molecule has 2 unspecified atom stereocenters. The lowest BCUT2D eigenvalue weighted by molar-refractivity contribution is 0.614. The Balaban J connectivity index is 2.50. The Bertz CT molecular complexity index is 484. The zero-order chi connectivity index (χ0) is 15.6. The van der Waals surface area contributed by atoms with Crippen LogP contribution in [0, 0.1) is 6.92 Å². The second-order valence-corrected chi connectivity index (χ2v) is 6.46. The molecule has 0 spiro atoms. The Kier molecular flexibility index (Phi) is 5.07. The summed E-state index contributed by atoms with van der Waals surface area (Å²) in [5.74, 6) is 3.43. The molecule has 118 valence electrons. The van der Waals surface area contributed by atoms with Crippen molar-refractivity contribution in [2.45, 2.75) is 78.8 Å². The molecular formula is C17H30N4. The van der Waals surface area contributed by atoms with Crippen LogP contribution in [0.2, 0.25) is 0 Å². The van der Waals surface area contributed by atoms with Gasteiger partial charge in [-0.15, -0.1) is 0 Å². The minimum Gasteiger partial charge on any atom is -0.370 e. The third kappa shape index (κ3) is 3.14. The zero-order valence-corrected chi connectivity index (χ0v) is 14.4. The smallest absolute Gasteiger partial charge is 0.137 e. The third-order valence-corrected chi connectivity index (χ3v) is 4.50. The van der Waals surface area contributed by atoms with Gasteiger partial charge in [-0.1, -0.05) is 20.8 Å². The minimum atomic E-state index is 0.347. The fraction of sp³-hybridized carbons (Fsp3) is 0.765. The van der Waals surface area contributed by atoms with E-state index in [9.17, 15) is 0 Å². The maximum Gasteiger partial charge on any atom is 0.137 e. The van der Waals surface area contributed by atoms with E-state index in [0.29, 0.717) is 18.0 Å². The van der Waals surface area contributed by atoms with E-state index in [1.807, 2.05) is 0 Å². The Morgan fingerprint density at radius 3 is 2.52 bits per heavy atom. The van der Waals surface area contributed by atoms with E-state index in [1.54, 1.807) is 0 Å². The van der Waals surface area contributed by atoms with E-state index in [0.717, 1.165) is 24.0 Å². The van der Waals surface area contributed by atoms with Crippen molar-refractivity contribution in [1.82, 2.24) is 9.97 Å². The van der Waals surface area contributed by atoms with Gasteiger partial charge in [0.2, 0.25) is 0 Å². The molecule has 0 radical (unpaired) electrons. The van der Waals surface area contributed by atoms with E-state index >= 15 is 0 Å². The van der Waals surface area contributed by atoms with Gasteiger partial charge in [0.1, 0.15) is 17.5 Å². The molecule has 1 fully saturated rings. The third-order valence-electron chi connectivity index (χ3n) is 4.50. The molecule has 21 heavy (non-hydrogen) atoms. The van der Waals surface area contributed by atoms with Crippen LogP contribution in [0.5, 0.6) is 0 Å². The van der Waals surface area contributed by atoms with Crippen molar-refractivity contribution in [2.24, 2.45) is 0 Å². The number of rotatable bonds is 5. The molecule has 4 nitrogen and oxygen atoms in total. The average molecular weight is 290 g/mol. The van der Waals surface area contributed by atoms with Crippen LogP contribution in [0.25, 0.3) is 0 Å². The molecule has 1 saturated heterocycles. The maximum absolute atomic E-state index is 4.92. The van der Waals surface area contributed by atoms with Gasteiger partial charge in [0.15, 0.2) is 0 Å². The fourth-order valence-electron chi connectivity index (χ4n) is 3.22. The van der Waals surface area contributed by atoms with E-state index in [-0.39, 0.29) is 0 Å². The number of aromatic nitrogens is 2. The van der Waals surface area contributed by atoms with Crippen LogP contribution in [0.4, 0.5) is 11.6 Å². The molecule has 1 N–H and O–H groups in total. The minimum absolute atomic E-state index is 0.347. The number of hydrogen-bond acceptors (Lipinski definition) is 4. The van der Waals surface area contributed by atoms with Crippen molar-refractivity contribution < 1.29 is 0 Å². The number of hydrogen-bond donors (Lipinski definition) is 1. The average Bonchev–Trinajstić information content (AvgIpc) is 2.82. The topological polar surface area (TPSA) is 41.1 Å². The SMILES string of the molecule is CCNc1nc(C(C)C)nc(N2C(C)CCC2CC)c1C. The molecule has 0 bridgehead atoms. The van der Waals surface area contributed by atoms with Crippen molar-refractivity contribution in [3.63, 3.8) is 0 Å². The largest absolute Gasteiger partial charge is 0.370 e. The van der Waals surface area contributed by atoms with Crippen LogP contribution < -0.4 is 10.2 Å². The van der Waals surface area contributed by atoms with Crippen LogP contribution in [0.15, 0.2) is 0 Å². The summed E-state index contributed by atoms with van der Waals surface area (Å²) >= 11 is 0. The first-order chi connectivity index (χ1) is 9.99. The van der Waals surface area contributed by atoms with Crippen LogP contribution in [-0.2, 0) is 0 Å². The first-order valence-electron chi connectivity index (χ1n) is 8.40. The summed E-state index contributed by atoms with van der Waals surface area (Å²) in [5, 5.41) is 3.40. The standard InChI is InChI=1S/C17H30N4/c1-7-14-10-9-12(5)21(14)17-13(6)16(18-8-2)19-15(20-17)11(3)4/h11-12,14H,7-10H2,1-6H3,(H,18,19,20). The summed E-state index contributed by atoms with van der Waals surface area (Å²) in [6, 6.07) is 1.18. The highest BCUT2D eigenvalue weighted by atomic mass is 15.3. The van der Waals surface area contributed by atoms with Crippen molar-refractivity contribution in [3.8, 4) is 0 Å². The first kappa shape index (κ1) is 16.1. The highest BCUT2D eigenvalue weighted by Crippen LogP contribution is 2.35.